The number of hydrogen-bond donors (Lipinski definition) is 3. The van der Waals surface area contributed by atoms with Crippen LogP contribution in [-0.2, 0) is 19.5 Å². The molecule has 0 bridgehead atoms. The molecule has 0 aliphatic rings. The third-order valence-electron chi connectivity index (χ3n) is 5.21. The molecule has 0 spiro atoms. The minimum absolute atomic E-state index is 0.0245. The van der Waals surface area contributed by atoms with Crippen molar-refractivity contribution in [3.8, 4) is 0 Å². The fourth-order valence-electron chi connectivity index (χ4n) is 3.44. The van der Waals surface area contributed by atoms with Gasteiger partial charge < -0.3 is 16.8 Å². The Hall–Kier alpha value is -3.88. The van der Waals surface area contributed by atoms with Gasteiger partial charge in [0, 0.05) is 6.54 Å². The second-order valence-corrected chi connectivity index (χ2v) is 7.81. The highest BCUT2D eigenvalue weighted by Gasteiger charge is 2.14. The lowest BCUT2D eigenvalue weighted by molar-refractivity contribution is 0.586. The predicted molar refractivity (Wildman–Crippen MR) is 132 cm³/mol. The van der Waals surface area contributed by atoms with Gasteiger partial charge in [-0.2, -0.15) is 4.98 Å². The van der Waals surface area contributed by atoms with Crippen molar-refractivity contribution < 1.29 is 0 Å². The van der Waals surface area contributed by atoms with Crippen molar-refractivity contribution in [1.29, 1.82) is 0 Å². The van der Waals surface area contributed by atoms with Gasteiger partial charge in [0.1, 0.15) is 0 Å². The quantitative estimate of drug-likeness (QED) is 0.231. The summed E-state index contributed by atoms with van der Waals surface area (Å²) in [4.78, 5) is 34.1. The average molecular weight is 450 g/mol. The summed E-state index contributed by atoms with van der Waals surface area (Å²) < 4.78 is 2.62. The van der Waals surface area contributed by atoms with Gasteiger partial charge in [-0.3, -0.25) is 9.56 Å². The van der Waals surface area contributed by atoms with Gasteiger partial charge in [-0.1, -0.05) is 67.9 Å². The number of benzene rings is 2. The predicted octanol–water partition coefficient (Wildman–Crippen LogP) is 1.53. The second-order valence-electron chi connectivity index (χ2n) is 7.81. The van der Waals surface area contributed by atoms with Crippen LogP contribution in [-0.4, -0.2) is 33.2 Å². The number of anilines is 1. The van der Waals surface area contributed by atoms with Crippen molar-refractivity contribution in [2.24, 2.45) is 16.5 Å². The van der Waals surface area contributed by atoms with Gasteiger partial charge in [0.2, 0.25) is 5.95 Å². The van der Waals surface area contributed by atoms with Crippen LogP contribution >= 0.6 is 0 Å². The van der Waals surface area contributed by atoms with Crippen molar-refractivity contribution in [2.45, 2.75) is 39.3 Å². The van der Waals surface area contributed by atoms with E-state index in [1.807, 2.05) is 42.5 Å². The normalized spacial score (nSPS) is 10.7. The Bertz CT molecular complexity index is 1180. The van der Waals surface area contributed by atoms with E-state index in [2.05, 4.69) is 34.3 Å². The van der Waals surface area contributed by atoms with Crippen LogP contribution < -0.4 is 28.2 Å². The molecule has 9 heteroatoms. The summed E-state index contributed by atoms with van der Waals surface area (Å²) in [7, 11) is 0. The molecule has 0 saturated carbocycles. The monoisotopic (exact) mass is 449 g/mol. The number of hydrogen-bond acceptors (Lipinski definition) is 5. The Kier molecular flexibility index (Phi) is 8.40. The van der Waals surface area contributed by atoms with E-state index in [0.29, 0.717) is 6.54 Å². The van der Waals surface area contributed by atoms with Crippen LogP contribution in [0, 0.1) is 0 Å². The summed E-state index contributed by atoms with van der Waals surface area (Å²) in [5.41, 5.74) is 12.7. The number of aryl methyl sites for hydroxylation is 1. The molecule has 0 saturated heterocycles. The van der Waals surface area contributed by atoms with Gasteiger partial charge in [-0.25, -0.2) is 14.2 Å². The van der Waals surface area contributed by atoms with E-state index in [1.165, 1.54) is 10.1 Å². The number of aliphatic imine (C=N–C) groups is 1. The lowest BCUT2D eigenvalue weighted by Gasteiger charge is -2.15. The molecule has 3 aromatic rings. The molecule has 0 fully saturated rings. The Morgan fingerprint density at radius 2 is 1.58 bits per heavy atom. The fraction of sp³-hybridized carbons (Fsp3) is 0.333. The molecule has 9 nitrogen and oxygen atoms in total. The number of nitrogens with two attached hydrogens (primary N) is 2. The molecule has 0 amide bonds. The standard InChI is InChI=1S/C24H31N7O2/c1-2-3-7-18-10-12-20(13-11-18)16-30-22(28-15-14-27-21(25)26)29-23(32)31(24(30)33)17-19-8-5-4-6-9-19/h4-6,8-13H,2-3,7,14-17H2,1H3,(H4,25,26,27)(H,28,29,32). The lowest BCUT2D eigenvalue weighted by Crippen LogP contribution is -2.43. The van der Waals surface area contributed by atoms with Gasteiger partial charge in [0.15, 0.2) is 5.96 Å². The van der Waals surface area contributed by atoms with E-state index in [0.717, 1.165) is 35.0 Å². The fourth-order valence-corrected chi connectivity index (χ4v) is 3.44. The van der Waals surface area contributed by atoms with E-state index >= 15 is 0 Å². The third-order valence-corrected chi connectivity index (χ3v) is 5.21. The number of nitrogens with one attached hydrogen (secondary N) is 1. The van der Waals surface area contributed by atoms with E-state index in [-0.39, 0.29) is 31.5 Å². The van der Waals surface area contributed by atoms with Gasteiger partial charge in [-0.15, -0.1) is 0 Å². The molecular weight excluding hydrogens is 418 g/mol. The van der Waals surface area contributed by atoms with Gasteiger partial charge >= 0.3 is 11.4 Å². The molecule has 33 heavy (non-hydrogen) atoms. The minimum atomic E-state index is -0.612. The summed E-state index contributed by atoms with van der Waals surface area (Å²) >= 11 is 0. The van der Waals surface area contributed by atoms with Crippen molar-refractivity contribution in [3.05, 3.63) is 92.3 Å². The summed E-state index contributed by atoms with van der Waals surface area (Å²) in [6.45, 7) is 3.20. The first-order valence-electron chi connectivity index (χ1n) is 11.1. The first-order chi connectivity index (χ1) is 16.0. The lowest BCUT2D eigenvalue weighted by atomic mass is 10.1. The first-order valence-corrected chi connectivity index (χ1v) is 11.1. The number of unbranched alkanes of at least 4 members (excludes halogenated alkanes) is 1. The third kappa shape index (κ3) is 6.80. The highest BCUT2D eigenvalue weighted by molar-refractivity contribution is 5.75. The highest BCUT2D eigenvalue weighted by Crippen LogP contribution is 2.10. The first kappa shape index (κ1) is 23.8. The zero-order valence-electron chi connectivity index (χ0n) is 18.9. The zero-order valence-corrected chi connectivity index (χ0v) is 18.9. The molecule has 2 aromatic carbocycles. The SMILES string of the molecule is CCCCc1ccc(Cn2c(NCCN=C(N)N)nc(=O)n(Cc3ccccc3)c2=O)cc1. The minimum Gasteiger partial charge on any atom is -0.370 e. The van der Waals surface area contributed by atoms with Crippen molar-refractivity contribution in [3.63, 3.8) is 0 Å². The molecule has 0 radical (unpaired) electrons. The number of rotatable bonds is 11. The van der Waals surface area contributed by atoms with Crippen LogP contribution in [0.25, 0.3) is 0 Å². The van der Waals surface area contributed by atoms with Gasteiger partial charge in [0.25, 0.3) is 0 Å². The van der Waals surface area contributed by atoms with E-state index in [4.69, 9.17) is 11.5 Å². The molecule has 174 valence electrons. The number of guanidine groups is 1. The molecule has 0 aliphatic heterocycles. The van der Waals surface area contributed by atoms with Crippen molar-refractivity contribution in [2.75, 3.05) is 18.4 Å². The maximum atomic E-state index is 13.3. The van der Waals surface area contributed by atoms with Crippen molar-refractivity contribution >= 4 is 11.9 Å². The van der Waals surface area contributed by atoms with Gasteiger partial charge in [0.05, 0.1) is 19.6 Å². The molecule has 0 aliphatic carbocycles. The zero-order chi connectivity index (χ0) is 23.6. The molecule has 0 atom stereocenters. The number of aromatic nitrogens is 3. The highest BCUT2D eigenvalue weighted by atomic mass is 16.2. The van der Waals surface area contributed by atoms with Crippen LogP contribution in [0.2, 0.25) is 0 Å². The molecule has 3 rings (SSSR count). The Morgan fingerprint density at radius 3 is 2.24 bits per heavy atom. The molecule has 5 N–H and O–H groups in total. The maximum absolute atomic E-state index is 13.3. The van der Waals surface area contributed by atoms with E-state index < -0.39 is 11.4 Å². The van der Waals surface area contributed by atoms with E-state index in [9.17, 15) is 9.59 Å². The topological polar surface area (TPSA) is 133 Å². The van der Waals surface area contributed by atoms with Crippen LogP contribution in [0.5, 0.6) is 0 Å². The Balaban J connectivity index is 1.92. The van der Waals surface area contributed by atoms with Crippen LogP contribution in [0.4, 0.5) is 5.95 Å². The van der Waals surface area contributed by atoms with Crippen LogP contribution in [0.15, 0.2) is 69.2 Å². The molecule has 1 aromatic heterocycles. The van der Waals surface area contributed by atoms with Crippen LogP contribution in [0.1, 0.15) is 36.5 Å². The second kappa shape index (κ2) is 11.7. The summed E-state index contributed by atoms with van der Waals surface area (Å²) in [6, 6.07) is 17.5. The van der Waals surface area contributed by atoms with Crippen molar-refractivity contribution in [1.82, 2.24) is 14.1 Å². The molecule has 1 heterocycles. The summed E-state index contributed by atoms with van der Waals surface area (Å²) in [6.07, 6.45) is 3.30. The summed E-state index contributed by atoms with van der Waals surface area (Å²) in [5.74, 6) is 0.166. The number of nitrogens with zero attached hydrogens (tertiary/aromatic N) is 4. The smallest absolute Gasteiger partial charge is 0.355 e. The Morgan fingerprint density at radius 1 is 0.939 bits per heavy atom. The van der Waals surface area contributed by atoms with Gasteiger partial charge in [-0.05, 0) is 29.5 Å². The van der Waals surface area contributed by atoms with Crippen LogP contribution in [0.3, 0.4) is 0 Å². The molecular formula is C24H31N7O2. The Labute approximate surface area is 192 Å². The van der Waals surface area contributed by atoms with E-state index in [1.54, 1.807) is 0 Å². The largest absolute Gasteiger partial charge is 0.370 e. The molecule has 0 unspecified atom stereocenters. The average Bonchev–Trinajstić information content (AvgIpc) is 2.81. The maximum Gasteiger partial charge on any atom is 0.355 e. The summed E-state index contributed by atoms with van der Waals surface area (Å²) in [5, 5.41) is 3.02.